The largest absolute Gasteiger partial charge is 0.486 e. The van der Waals surface area contributed by atoms with Crippen LogP contribution in [-0.4, -0.2) is 62.8 Å². The maximum absolute atomic E-state index is 13.2. The first kappa shape index (κ1) is 24.6. The van der Waals surface area contributed by atoms with Crippen molar-refractivity contribution in [2.75, 3.05) is 37.8 Å². The normalized spacial score (nSPS) is 18.9. The van der Waals surface area contributed by atoms with Crippen molar-refractivity contribution < 1.29 is 23.9 Å². The number of allylic oxidation sites excluding steroid dienone is 1. The third-order valence-electron chi connectivity index (χ3n) is 6.24. The zero-order valence-corrected chi connectivity index (χ0v) is 19.8. The van der Waals surface area contributed by atoms with Crippen molar-refractivity contribution in [3.63, 3.8) is 0 Å². The van der Waals surface area contributed by atoms with Gasteiger partial charge in [-0.25, -0.2) is 4.99 Å². The number of aldehydes is 1. The number of nitrogens with zero attached hydrogens (tertiary/aromatic N) is 2. The molecule has 8 nitrogen and oxygen atoms in total. The second kappa shape index (κ2) is 11.2. The predicted octanol–water partition coefficient (Wildman–Crippen LogP) is 2.87. The van der Waals surface area contributed by atoms with Crippen LogP contribution in [0.25, 0.3) is 0 Å². The van der Waals surface area contributed by atoms with Crippen LogP contribution in [0, 0.1) is 12.8 Å². The summed E-state index contributed by atoms with van der Waals surface area (Å²) in [7, 11) is 0. The van der Waals surface area contributed by atoms with E-state index in [0.29, 0.717) is 42.6 Å². The van der Waals surface area contributed by atoms with Crippen molar-refractivity contribution in [3.8, 4) is 5.75 Å². The molecule has 1 saturated heterocycles. The van der Waals surface area contributed by atoms with Crippen LogP contribution in [0.3, 0.4) is 0 Å². The Hall–Kier alpha value is -3.00. The minimum Gasteiger partial charge on any atom is -0.486 e. The van der Waals surface area contributed by atoms with Crippen LogP contribution in [-0.2, 0) is 14.3 Å². The Morgan fingerprint density at radius 3 is 2.64 bits per heavy atom. The smallest absolute Gasteiger partial charge is 0.254 e. The fourth-order valence-electron chi connectivity index (χ4n) is 4.49. The maximum Gasteiger partial charge on any atom is 0.254 e. The zero-order valence-electron chi connectivity index (χ0n) is 19.8. The highest BCUT2D eigenvalue weighted by atomic mass is 16.5. The van der Waals surface area contributed by atoms with E-state index < -0.39 is 5.92 Å². The first-order valence-corrected chi connectivity index (χ1v) is 11.5. The molecule has 3 rings (SSSR count). The number of carbonyl (C=O) groups excluding carboxylic acids is 3. The Morgan fingerprint density at radius 1 is 1.27 bits per heavy atom. The quantitative estimate of drug-likeness (QED) is 0.575. The molecule has 2 aliphatic rings. The molecule has 8 heteroatoms. The molecule has 0 radical (unpaired) electrons. The van der Waals surface area contributed by atoms with Gasteiger partial charge in [0.15, 0.2) is 6.29 Å². The first-order chi connectivity index (χ1) is 15.8. The second-order valence-corrected chi connectivity index (χ2v) is 8.46. The van der Waals surface area contributed by atoms with Crippen molar-refractivity contribution in [1.29, 1.82) is 0 Å². The summed E-state index contributed by atoms with van der Waals surface area (Å²) in [5.41, 5.74) is 3.75. The standard InChI is InChI=1S/C25H33N3O5/c1-5-28(19-6-9-32-10-7-19)23-14-20(33-11-8-29)13-21(18(23)4)24(30)26-15-22-16(2)12-17(3)27-25(22)31/h8,12-14,19,22H,5-7,9-11,15H2,1-4H3,(H,26,30). The van der Waals surface area contributed by atoms with Crippen molar-refractivity contribution in [1.82, 2.24) is 5.32 Å². The summed E-state index contributed by atoms with van der Waals surface area (Å²) < 4.78 is 11.1. The van der Waals surface area contributed by atoms with Crippen LogP contribution in [0.1, 0.15) is 49.5 Å². The van der Waals surface area contributed by atoms with Gasteiger partial charge in [0, 0.05) is 55.4 Å². The van der Waals surface area contributed by atoms with E-state index in [1.54, 1.807) is 13.0 Å². The lowest BCUT2D eigenvalue weighted by Crippen LogP contribution is -2.40. The van der Waals surface area contributed by atoms with Crippen LogP contribution in [0.4, 0.5) is 5.69 Å². The van der Waals surface area contributed by atoms with Crippen LogP contribution in [0.5, 0.6) is 5.75 Å². The number of anilines is 1. The topological polar surface area (TPSA) is 97.3 Å². The highest BCUT2D eigenvalue weighted by Crippen LogP contribution is 2.33. The number of amides is 2. The molecule has 2 amide bonds. The lowest BCUT2D eigenvalue weighted by atomic mass is 9.95. The summed E-state index contributed by atoms with van der Waals surface area (Å²) >= 11 is 0. The fraction of sp³-hybridized carbons (Fsp3) is 0.520. The van der Waals surface area contributed by atoms with Gasteiger partial charge in [0.05, 0.1) is 5.92 Å². The number of nitrogens with one attached hydrogen (secondary N) is 1. The lowest BCUT2D eigenvalue weighted by molar-refractivity contribution is -0.120. The van der Waals surface area contributed by atoms with Gasteiger partial charge in [-0.05, 0) is 58.2 Å². The van der Waals surface area contributed by atoms with E-state index in [-0.39, 0.29) is 25.0 Å². The van der Waals surface area contributed by atoms with Crippen LogP contribution < -0.4 is 15.0 Å². The molecule has 0 saturated carbocycles. The summed E-state index contributed by atoms with van der Waals surface area (Å²) in [6.45, 7) is 9.91. The number of rotatable bonds is 9. The van der Waals surface area contributed by atoms with Gasteiger partial charge in [0.25, 0.3) is 11.8 Å². The lowest BCUT2D eigenvalue weighted by Gasteiger charge is -2.36. The minimum absolute atomic E-state index is 0.0924. The van der Waals surface area contributed by atoms with E-state index in [4.69, 9.17) is 9.47 Å². The summed E-state index contributed by atoms with van der Waals surface area (Å²) in [6.07, 6.45) is 4.36. The van der Waals surface area contributed by atoms with Gasteiger partial charge in [0.2, 0.25) is 0 Å². The molecule has 1 N–H and O–H groups in total. The van der Waals surface area contributed by atoms with Gasteiger partial charge < -0.3 is 19.7 Å². The van der Waals surface area contributed by atoms with Crippen molar-refractivity contribution >= 4 is 29.5 Å². The molecular weight excluding hydrogens is 422 g/mol. The summed E-state index contributed by atoms with van der Waals surface area (Å²) in [6, 6.07) is 3.85. The molecule has 1 aromatic rings. The predicted molar refractivity (Wildman–Crippen MR) is 127 cm³/mol. The molecule has 2 aliphatic heterocycles. The highest BCUT2D eigenvalue weighted by Gasteiger charge is 2.27. The van der Waals surface area contributed by atoms with E-state index in [0.717, 1.165) is 36.2 Å². The van der Waals surface area contributed by atoms with E-state index >= 15 is 0 Å². The Morgan fingerprint density at radius 2 is 2.00 bits per heavy atom. The number of ether oxygens (including phenoxy) is 2. The molecule has 0 spiro atoms. The average molecular weight is 456 g/mol. The Kier molecular flexibility index (Phi) is 8.38. The van der Waals surface area contributed by atoms with Gasteiger partial charge >= 0.3 is 0 Å². The SMILES string of the molecule is CCN(c1cc(OCC=O)cc(C(=O)NCC2C(=O)N=C(C)C=C2C)c1C)C1CCOCC1. The molecule has 1 aromatic carbocycles. The van der Waals surface area contributed by atoms with E-state index in [9.17, 15) is 14.4 Å². The van der Waals surface area contributed by atoms with Gasteiger partial charge in [-0.15, -0.1) is 0 Å². The van der Waals surface area contributed by atoms with Crippen LogP contribution in [0.2, 0.25) is 0 Å². The van der Waals surface area contributed by atoms with Crippen molar-refractivity contribution in [2.24, 2.45) is 10.9 Å². The highest BCUT2D eigenvalue weighted by molar-refractivity contribution is 6.06. The van der Waals surface area contributed by atoms with Gasteiger partial charge in [-0.3, -0.25) is 14.4 Å². The van der Waals surface area contributed by atoms with Crippen molar-refractivity contribution in [3.05, 3.63) is 34.9 Å². The fourth-order valence-corrected chi connectivity index (χ4v) is 4.49. The molecule has 2 heterocycles. The Labute approximate surface area is 195 Å². The molecule has 1 fully saturated rings. The third kappa shape index (κ3) is 5.87. The molecular formula is C25H33N3O5. The minimum atomic E-state index is -0.471. The monoisotopic (exact) mass is 455 g/mol. The number of aliphatic imine (C=N–C) groups is 1. The summed E-state index contributed by atoms with van der Waals surface area (Å²) in [4.78, 5) is 42.7. The van der Waals surface area contributed by atoms with Gasteiger partial charge in [-0.2, -0.15) is 0 Å². The zero-order chi connectivity index (χ0) is 24.0. The van der Waals surface area contributed by atoms with E-state index in [1.807, 2.05) is 26.0 Å². The number of hydrogen-bond donors (Lipinski definition) is 1. The first-order valence-electron chi connectivity index (χ1n) is 11.5. The Bertz CT molecular complexity index is 963. The van der Waals surface area contributed by atoms with Gasteiger partial charge in [-0.1, -0.05) is 5.57 Å². The average Bonchev–Trinajstić information content (AvgIpc) is 2.79. The third-order valence-corrected chi connectivity index (χ3v) is 6.24. The molecule has 1 atom stereocenters. The molecule has 0 aromatic heterocycles. The number of carbonyl (C=O) groups is 3. The van der Waals surface area contributed by atoms with E-state index in [2.05, 4.69) is 22.1 Å². The Balaban J connectivity index is 1.87. The summed E-state index contributed by atoms with van der Waals surface area (Å²) in [5.74, 6) is -0.546. The molecule has 178 valence electrons. The molecule has 33 heavy (non-hydrogen) atoms. The molecule has 0 aliphatic carbocycles. The number of hydrogen-bond acceptors (Lipinski definition) is 6. The van der Waals surface area contributed by atoms with E-state index in [1.165, 1.54) is 0 Å². The maximum atomic E-state index is 13.2. The van der Waals surface area contributed by atoms with Crippen LogP contribution >= 0.6 is 0 Å². The van der Waals surface area contributed by atoms with Crippen LogP contribution in [0.15, 0.2) is 28.8 Å². The molecule has 1 unspecified atom stereocenters. The number of dihydropyridines is 1. The van der Waals surface area contributed by atoms with Crippen molar-refractivity contribution in [2.45, 2.75) is 46.6 Å². The molecule has 0 bridgehead atoms. The number of benzene rings is 1. The summed E-state index contributed by atoms with van der Waals surface area (Å²) in [5, 5.41) is 2.90. The van der Waals surface area contributed by atoms with Gasteiger partial charge in [0.1, 0.15) is 12.4 Å². The second-order valence-electron chi connectivity index (χ2n) is 8.46.